The molecule has 1 amide bonds. The lowest BCUT2D eigenvalue weighted by atomic mass is 10.00. The Morgan fingerprint density at radius 2 is 1.96 bits per heavy atom. The standard InChI is InChI=1S/C19H17BrN2OS/c1-13(15-9-4-7-14-6-2-3-8-16(14)15)22-18(23)12-24-19-17(20)10-5-11-21-19/h2-11,13H,12H2,1H3,(H,22,23). The number of nitrogens with zero attached hydrogens (tertiary/aromatic N) is 1. The van der Waals surface area contributed by atoms with Gasteiger partial charge < -0.3 is 5.32 Å². The molecule has 1 N–H and O–H groups in total. The minimum atomic E-state index is -0.0450. The summed E-state index contributed by atoms with van der Waals surface area (Å²) in [5.41, 5.74) is 1.13. The van der Waals surface area contributed by atoms with Gasteiger partial charge in [-0.05, 0) is 51.3 Å². The number of fused-ring (bicyclic) bond motifs is 1. The fourth-order valence-corrected chi connectivity index (χ4v) is 3.89. The molecular formula is C19H17BrN2OS. The molecule has 1 atom stereocenters. The Kier molecular flexibility index (Phi) is 5.53. The van der Waals surface area contributed by atoms with Gasteiger partial charge in [0.2, 0.25) is 5.91 Å². The lowest BCUT2D eigenvalue weighted by molar-refractivity contribution is -0.119. The highest BCUT2D eigenvalue weighted by molar-refractivity contribution is 9.10. The van der Waals surface area contributed by atoms with Crippen LogP contribution in [0.15, 0.2) is 70.3 Å². The number of nitrogens with one attached hydrogen (secondary N) is 1. The maximum Gasteiger partial charge on any atom is 0.230 e. The number of carbonyl (C=O) groups is 1. The summed E-state index contributed by atoms with van der Waals surface area (Å²) in [6, 6.07) is 18.1. The van der Waals surface area contributed by atoms with E-state index in [4.69, 9.17) is 0 Å². The maximum absolute atomic E-state index is 12.3. The molecule has 0 aliphatic carbocycles. The van der Waals surface area contributed by atoms with Crippen molar-refractivity contribution in [3.8, 4) is 0 Å². The summed E-state index contributed by atoms with van der Waals surface area (Å²) < 4.78 is 0.907. The molecule has 0 fully saturated rings. The predicted molar refractivity (Wildman–Crippen MR) is 103 cm³/mol. The smallest absolute Gasteiger partial charge is 0.230 e. The zero-order valence-corrected chi connectivity index (χ0v) is 15.6. The highest BCUT2D eigenvalue weighted by Crippen LogP contribution is 2.26. The zero-order valence-electron chi connectivity index (χ0n) is 13.2. The van der Waals surface area contributed by atoms with Crippen molar-refractivity contribution in [2.45, 2.75) is 18.0 Å². The molecule has 0 aliphatic heterocycles. The predicted octanol–water partition coefficient (Wildman–Crippen LogP) is 4.97. The Hall–Kier alpha value is -1.85. The number of pyridine rings is 1. The van der Waals surface area contributed by atoms with Crippen LogP contribution in [0.4, 0.5) is 0 Å². The molecule has 0 saturated heterocycles. The Morgan fingerprint density at radius 1 is 1.17 bits per heavy atom. The third-order valence-electron chi connectivity index (χ3n) is 3.73. The van der Waals surface area contributed by atoms with E-state index in [1.165, 1.54) is 22.5 Å². The van der Waals surface area contributed by atoms with E-state index >= 15 is 0 Å². The van der Waals surface area contributed by atoms with Crippen molar-refractivity contribution in [1.29, 1.82) is 0 Å². The summed E-state index contributed by atoms with van der Waals surface area (Å²) in [7, 11) is 0. The van der Waals surface area contributed by atoms with Crippen molar-refractivity contribution in [2.24, 2.45) is 0 Å². The Balaban J connectivity index is 1.67. The fourth-order valence-electron chi connectivity index (χ4n) is 2.60. The molecule has 1 unspecified atom stereocenters. The SMILES string of the molecule is CC(NC(=O)CSc1ncccc1Br)c1cccc2ccccc12. The molecule has 24 heavy (non-hydrogen) atoms. The van der Waals surface area contributed by atoms with E-state index in [-0.39, 0.29) is 11.9 Å². The van der Waals surface area contributed by atoms with Crippen molar-refractivity contribution >= 4 is 44.4 Å². The van der Waals surface area contributed by atoms with Crippen LogP contribution in [0.1, 0.15) is 18.5 Å². The molecular weight excluding hydrogens is 384 g/mol. The molecule has 3 rings (SSSR count). The second kappa shape index (κ2) is 7.81. The van der Waals surface area contributed by atoms with Crippen molar-refractivity contribution in [2.75, 3.05) is 5.75 Å². The normalized spacial score (nSPS) is 12.1. The minimum Gasteiger partial charge on any atom is -0.349 e. The first kappa shape index (κ1) is 17.0. The van der Waals surface area contributed by atoms with Gasteiger partial charge >= 0.3 is 0 Å². The van der Waals surface area contributed by atoms with E-state index in [1.807, 2.05) is 37.3 Å². The van der Waals surface area contributed by atoms with Crippen LogP contribution in [0, 0.1) is 0 Å². The van der Waals surface area contributed by atoms with E-state index in [9.17, 15) is 4.79 Å². The fraction of sp³-hybridized carbons (Fsp3) is 0.158. The summed E-state index contributed by atoms with van der Waals surface area (Å²) >= 11 is 4.87. The Bertz CT molecular complexity index is 863. The molecule has 122 valence electrons. The second-order valence-electron chi connectivity index (χ2n) is 5.44. The third-order valence-corrected chi connectivity index (χ3v) is 5.64. The third kappa shape index (κ3) is 3.97. The van der Waals surface area contributed by atoms with Gasteiger partial charge in [-0.2, -0.15) is 0 Å². The number of thioether (sulfide) groups is 1. The van der Waals surface area contributed by atoms with Gasteiger partial charge in [0.05, 0.1) is 11.8 Å². The van der Waals surface area contributed by atoms with E-state index in [0.717, 1.165) is 15.1 Å². The number of amides is 1. The summed E-state index contributed by atoms with van der Waals surface area (Å²) in [6.07, 6.45) is 1.73. The van der Waals surface area contributed by atoms with Gasteiger partial charge in [0.1, 0.15) is 5.03 Å². The van der Waals surface area contributed by atoms with Crippen LogP contribution in [0.3, 0.4) is 0 Å². The largest absolute Gasteiger partial charge is 0.349 e. The molecule has 0 aliphatic rings. The van der Waals surface area contributed by atoms with Crippen molar-refractivity contribution in [3.05, 3.63) is 70.8 Å². The first-order valence-electron chi connectivity index (χ1n) is 7.65. The summed E-state index contributed by atoms with van der Waals surface area (Å²) in [5.74, 6) is 0.336. The lowest BCUT2D eigenvalue weighted by Gasteiger charge is -2.16. The maximum atomic E-state index is 12.3. The van der Waals surface area contributed by atoms with E-state index in [0.29, 0.717) is 5.75 Å². The first-order chi connectivity index (χ1) is 11.6. The van der Waals surface area contributed by atoms with Gasteiger partial charge in [-0.25, -0.2) is 4.98 Å². The number of carbonyl (C=O) groups excluding carboxylic acids is 1. The van der Waals surface area contributed by atoms with Gasteiger partial charge in [0.15, 0.2) is 0 Å². The summed E-state index contributed by atoms with van der Waals surface area (Å²) in [6.45, 7) is 2.01. The van der Waals surface area contributed by atoms with Crippen molar-refractivity contribution < 1.29 is 4.79 Å². The highest BCUT2D eigenvalue weighted by Gasteiger charge is 2.13. The van der Waals surface area contributed by atoms with Crippen LogP contribution in [0.5, 0.6) is 0 Å². The van der Waals surface area contributed by atoms with E-state index in [1.54, 1.807) is 6.20 Å². The molecule has 2 aromatic carbocycles. The molecule has 1 aromatic heterocycles. The molecule has 0 spiro atoms. The Labute approximate surface area is 154 Å². The molecule has 3 nitrogen and oxygen atoms in total. The van der Waals surface area contributed by atoms with E-state index < -0.39 is 0 Å². The number of rotatable bonds is 5. The molecule has 5 heteroatoms. The van der Waals surface area contributed by atoms with Crippen LogP contribution < -0.4 is 5.32 Å². The average Bonchev–Trinajstić information content (AvgIpc) is 2.60. The van der Waals surface area contributed by atoms with Gasteiger partial charge in [0.25, 0.3) is 0 Å². The number of benzene rings is 2. The molecule has 0 radical (unpaired) electrons. The van der Waals surface area contributed by atoms with Crippen LogP contribution >= 0.6 is 27.7 Å². The lowest BCUT2D eigenvalue weighted by Crippen LogP contribution is -2.28. The zero-order chi connectivity index (χ0) is 16.9. The number of hydrogen-bond donors (Lipinski definition) is 1. The number of aromatic nitrogens is 1. The van der Waals surface area contributed by atoms with Gasteiger partial charge in [0, 0.05) is 10.7 Å². The van der Waals surface area contributed by atoms with Crippen LogP contribution in [0.25, 0.3) is 10.8 Å². The van der Waals surface area contributed by atoms with Crippen LogP contribution in [-0.4, -0.2) is 16.6 Å². The average molecular weight is 401 g/mol. The molecule has 0 bridgehead atoms. The van der Waals surface area contributed by atoms with Crippen LogP contribution in [0.2, 0.25) is 0 Å². The van der Waals surface area contributed by atoms with Crippen molar-refractivity contribution in [3.63, 3.8) is 0 Å². The summed E-state index contributed by atoms with van der Waals surface area (Å²) in [4.78, 5) is 16.5. The second-order valence-corrected chi connectivity index (χ2v) is 7.26. The van der Waals surface area contributed by atoms with Gasteiger partial charge in [-0.1, -0.05) is 54.2 Å². The molecule has 1 heterocycles. The first-order valence-corrected chi connectivity index (χ1v) is 9.43. The Morgan fingerprint density at radius 3 is 2.79 bits per heavy atom. The topological polar surface area (TPSA) is 42.0 Å². The summed E-state index contributed by atoms with van der Waals surface area (Å²) in [5, 5.41) is 6.26. The molecule has 0 saturated carbocycles. The minimum absolute atomic E-state index is 0.00186. The van der Waals surface area contributed by atoms with Crippen LogP contribution in [-0.2, 0) is 4.79 Å². The van der Waals surface area contributed by atoms with Crippen molar-refractivity contribution in [1.82, 2.24) is 10.3 Å². The monoisotopic (exact) mass is 400 g/mol. The highest BCUT2D eigenvalue weighted by atomic mass is 79.9. The molecule has 3 aromatic rings. The number of hydrogen-bond acceptors (Lipinski definition) is 3. The number of halogens is 1. The quantitative estimate of drug-likeness (QED) is 0.614. The van der Waals surface area contributed by atoms with Gasteiger partial charge in [-0.3, -0.25) is 4.79 Å². The van der Waals surface area contributed by atoms with E-state index in [2.05, 4.69) is 50.5 Å². The van der Waals surface area contributed by atoms with Gasteiger partial charge in [-0.15, -0.1) is 0 Å².